The summed E-state index contributed by atoms with van der Waals surface area (Å²) in [6.45, 7) is 4.54. The first kappa shape index (κ1) is 13.1. The first-order valence-electron chi connectivity index (χ1n) is 6.77. The van der Waals surface area contributed by atoms with E-state index >= 15 is 0 Å². The van der Waals surface area contributed by atoms with Crippen molar-refractivity contribution < 1.29 is 4.79 Å². The number of H-pyrrole nitrogens is 1. The Morgan fingerprint density at radius 2 is 2.17 bits per heavy atom. The largest absolute Gasteiger partial charge is 0.348 e. The Kier molecular flexibility index (Phi) is 4.75. The topological polar surface area (TPSA) is 61.0 Å². The van der Waals surface area contributed by atoms with Crippen LogP contribution in [0.15, 0.2) is 12.4 Å². The molecule has 0 bridgehead atoms. The quantitative estimate of drug-likeness (QED) is 0.846. The molecule has 0 aliphatic carbocycles. The Balaban J connectivity index is 1.79. The fraction of sp³-hybridized carbons (Fsp3) is 0.692. The maximum atomic E-state index is 12.1. The third-order valence-electron chi connectivity index (χ3n) is 3.55. The smallest absolute Gasteiger partial charge is 0.237 e. The highest BCUT2D eigenvalue weighted by Crippen LogP contribution is 2.12. The van der Waals surface area contributed by atoms with Gasteiger partial charge in [0, 0.05) is 12.4 Å². The maximum absolute atomic E-state index is 12.1. The van der Waals surface area contributed by atoms with Crippen LogP contribution in [0.2, 0.25) is 0 Å². The van der Waals surface area contributed by atoms with Gasteiger partial charge in [0.25, 0.3) is 0 Å². The zero-order valence-corrected chi connectivity index (χ0v) is 11.0. The van der Waals surface area contributed by atoms with Crippen LogP contribution in [0, 0.1) is 0 Å². The van der Waals surface area contributed by atoms with E-state index in [9.17, 15) is 4.79 Å². The van der Waals surface area contributed by atoms with Gasteiger partial charge in [0.1, 0.15) is 5.82 Å². The lowest BCUT2D eigenvalue weighted by Crippen LogP contribution is -2.45. The predicted octanol–water partition coefficient (Wildman–Crippen LogP) is 1.29. The lowest BCUT2D eigenvalue weighted by atomic mass is 10.2. The highest BCUT2D eigenvalue weighted by atomic mass is 16.2. The normalized spacial score (nSPS) is 19.2. The van der Waals surface area contributed by atoms with Gasteiger partial charge < -0.3 is 10.3 Å². The number of imidazole rings is 1. The van der Waals surface area contributed by atoms with Crippen molar-refractivity contribution in [3.63, 3.8) is 0 Å². The molecule has 1 amide bonds. The molecule has 2 heterocycles. The summed E-state index contributed by atoms with van der Waals surface area (Å²) in [5, 5.41) is 2.93. The molecule has 5 heteroatoms. The number of carbonyl (C=O) groups excluding carboxylic acids is 1. The fourth-order valence-electron chi connectivity index (χ4n) is 2.36. The van der Waals surface area contributed by atoms with Crippen LogP contribution in [0.3, 0.4) is 0 Å². The molecule has 2 rings (SSSR count). The van der Waals surface area contributed by atoms with Crippen LogP contribution in [0.4, 0.5) is 0 Å². The van der Waals surface area contributed by atoms with Gasteiger partial charge in [-0.05, 0) is 32.9 Å². The van der Waals surface area contributed by atoms with Crippen molar-refractivity contribution in [2.45, 2.75) is 45.2 Å². The summed E-state index contributed by atoms with van der Waals surface area (Å²) < 4.78 is 0. The van der Waals surface area contributed by atoms with Crippen LogP contribution in [0.25, 0.3) is 0 Å². The minimum Gasteiger partial charge on any atom is -0.348 e. The van der Waals surface area contributed by atoms with Crippen LogP contribution in [-0.4, -0.2) is 39.9 Å². The Bertz CT molecular complexity index is 355. The lowest BCUT2D eigenvalue weighted by molar-refractivity contribution is -0.126. The van der Waals surface area contributed by atoms with Crippen molar-refractivity contribution in [2.24, 2.45) is 0 Å². The average molecular weight is 250 g/mol. The molecule has 100 valence electrons. The summed E-state index contributed by atoms with van der Waals surface area (Å²) in [7, 11) is 0. The van der Waals surface area contributed by atoms with Crippen LogP contribution >= 0.6 is 0 Å². The van der Waals surface area contributed by atoms with Crippen molar-refractivity contribution >= 4 is 5.91 Å². The van der Waals surface area contributed by atoms with Gasteiger partial charge in [-0.2, -0.15) is 0 Å². The van der Waals surface area contributed by atoms with Gasteiger partial charge >= 0.3 is 0 Å². The molecule has 0 saturated carbocycles. The highest BCUT2D eigenvalue weighted by Gasteiger charge is 2.21. The van der Waals surface area contributed by atoms with Gasteiger partial charge in [-0.15, -0.1) is 0 Å². The van der Waals surface area contributed by atoms with E-state index < -0.39 is 0 Å². The number of carbonyl (C=O) groups is 1. The summed E-state index contributed by atoms with van der Waals surface area (Å²) in [5.74, 6) is 0.889. The Morgan fingerprint density at radius 1 is 1.44 bits per heavy atom. The van der Waals surface area contributed by atoms with Crippen LogP contribution < -0.4 is 5.32 Å². The lowest BCUT2D eigenvalue weighted by Gasteiger charge is -2.26. The summed E-state index contributed by atoms with van der Waals surface area (Å²) in [6, 6.07) is -0.0435. The third-order valence-corrected chi connectivity index (χ3v) is 3.55. The summed E-state index contributed by atoms with van der Waals surface area (Å²) in [4.78, 5) is 21.4. The zero-order valence-electron chi connectivity index (χ0n) is 11.0. The SMILES string of the molecule is C[C@H](C(=O)NCc1ncc[nH]1)N1CCCCCC1. The van der Waals surface area contributed by atoms with Gasteiger partial charge in [0.05, 0.1) is 12.6 Å². The van der Waals surface area contributed by atoms with Crippen LogP contribution in [0.5, 0.6) is 0 Å². The average Bonchev–Trinajstić information content (AvgIpc) is 2.75. The fourth-order valence-corrected chi connectivity index (χ4v) is 2.36. The Morgan fingerprint density at radius 3 is 2.78 bits per heavy atom. The number of nitrogens with zero attached hydrogens (tertiary/aromatic N) is 2. The number of aromatic amines is 1. The number of hydrogen-bond donors (Lipinski definition) is 2. The van der Waals surface area contributed by atoms with Crippen molar-refractivity contribution in [3.05, 3.63) is 18.2 Å². The number of aromatic nitrogens is 2. The van der Waals surface area contributed by atoms with Gasteiger partial charge in [-0.25, -0.2) is 4.98 Å². The van der Waals surface area contributed by atoms with Gasteiger partial charge in [0.15, 0.2) is 0 Å². The second-order valence-corrected chi connectivity index (χ2v) is 4.88. The van der Waals surface area contributed by atoms with E-state index in [-0.39, 0.29) is 11.9 Å². The van der Waals surface area contributed by atoms with Gasteiger partial charge in [-0.3, -0.25) is 9.69 Å². The zero-order chi connectivity index (χ0) is 12.8. The molecule has 1 aliphatic heterocycles. The van der Waals surface area contributed by atoms with E-state index in [0.29, 0.717) is 6.54 Å². The van der Waals surface area contributed by atoms with Crippen molar-refractivity contribution in [3.8, 4) is 0 Å². The highest BCUT2D eigenvalue weighted by molar-refractivity contribution is 5.81. The number of amides is 1. The first-order valence-corrected chi connectivity index (χ1v) is 6.77. The van der Waals surface area contributed by atoms with Crippen molar-refractivity contribution in [1.29, 1.82) is 0 Å². The molecule has 2 N–H and O–H groups in total. The first-order chi connectivity index (χ1) is 8.77. The number of nitrogens with one attached hydrogen (secondary N) is 2. The minimum absolute atomic E-state index is 0.0435. The second-order valence-electron chi connectivity index (χ2n) is 4.88. The predicted molar refractivity (Wildman–Crippen MR) is 69.9 cm³/mol. The van der Waals surface area contributed by atoms with E-state index in [1.165, 1.54) is 25.7 Å². The second kappa shape index (κ2) is 6.54. The minimum atomic E-state index is -0.0435. The van der Waals surface area contributed by atoms with Crippen molar-refractivity contribution in [1.82, 2.24) is 20.2 Å². The van der Waals surface area contributed by atoms with Gasteiger partial charge in [-0.1, -0.05) is 12.8 Å². The molecule has 1 aromatic heterocycles. The molecule has 5 nitrogen and oxygen atoms in total. The van der Waals surface area contributed by atoms with Gasteiger partial charge in [0.2, 0.25) is 5.91 Å². The van der Waals surface area contributed by atoms with Crippen LogP contribution in [0.1, 0.15) is 38.4 Å². The molecular formula is C13H22N4O. The molecule has 1 atom stereocenters. The molecule has 0 radical (unpaired) electrons. The molecular weight excluding hydrogens is 228 g/mol. The molecule has 18 heavy (non-hydrogen) atoms. The summed E-state index contributed by atoms with van der Waals surface area (Å²) >= 11 is 0. The van der Waals surface area contributed by atoms with E-state index in [2.05, 4.69) is 20.2 Å². The number of hydrogen-bond acceptors (Lipinski definition) is 3. The summed E-state index contributed by atoms with van der Waals surface area (Å²) in [5.41, 5.74) is 0. The van der Waals surface area contributed by atoms with Crippen molar-refractivity contribution in [2.75, 3.05) is 13.1 Å². The number of rotatable bonds is 4. The maximum Gasteiger partial charge on any atom is 0.237 e. The van der Waals surface area contributed by atoms with E-state index in [4.69, 9.17) is 0 Å². The third kappa shape index (κ3) is 3.57. The molecule has 0 aromatic carbocycles. The summed E-state index contributed by atoms with van der Waals surface area (Å²) in [6.07, 6.45) is 8.44. The molecule has 1 aliphatic rings. The molecule has 1 saturated heterocycles. The Labute approximate surface area is 108 Å². The Hall–Kier alpha value is -1.36. The molecule has 1 aromatic rings. The van der Waals surface area contributed by atoms with E-state index in [1.807, 2.05) is 6.92 Å². The molecule has 1 fully saturated rings. The van der Waals surface area contributed by atoms with Crippen LogP contribution in [-0.2, 0) is 11.3 Å². The standard InChI is InChI=1S/C13H22N4O/c1-11(17-8-4-2-3-5-9-17)13(18)16-10-12-14-6-7-15-12/h6-7,11H,2-5,8-10H2,1H3,(H,14,15)(H,16,18)/t11-/m1/s1. The molecule has 0 unspecified atom stereocenters. The van der Waals surface area contributed by atoms with E-state index in [1.54, 1.807) is 12.4 Å². The van der Waals surface area contributed by atoms with E-state index in [0.717, 1.165) is 18.9 Å². The monoisotopic (exact) mass is 250 g/mol. The molecule has 0 spiro atoms. The number of likely N-dealkylation sites (tertiary alicyclic amines) is 1.